The van der Waals surface area contributed by atoms with Crippen molar-refractivity contribution in [2.24, 2.45) is 5.10 Å². The first-order valence-corrected chi connectivity index (χ1v) is 7.38. The molecule has 0 spiro atoms. The molecule has 6 nitrogen and oxygen atoms in total. The molecule has 0 aliphatic carbocycles. The van der Waals surface area contributed by atoms with E-state index in [1.54, 1.807) is 31.6 Å². The standard InChI is InChI=1S/C16H13ClN4O2/c1-23-14-5-3-10(7-19-14)21-16(22)12-8-18-13-4-2-9(17)6-11(13)15(12)20-21/h2-8,16,18,22H,1H3. The zero-order valence-corrected chi connectivity index (χ0v) is 12.9. The van der Waals surface area contributed by atoms with Gasteiger partial charge in [0, 0.05) is 34.1 Å². The van der Waals surface area contributed by atoms with Gasteiger partial charge in [-0.3, -0.25) is 0 Å². The van der Waals surface area contributed by atoms with Gasteiger partial charge in [0.2, 0.25) is 5.88 Å². The normalized spacial score (nSPS) is 18.6. The number of aliphatic hydroxyl groups excluding tert-OH is 1. The van der Waals surface area contributed by atoms with Crippen LogP contribution in [-0.2, 0) is 0 Å². The van der Waals surface area contributed by atoms with Gasteiger partial charge in [0.25, 0.3) is 0 Å². The maximum absolute atomic E-state index is 10.6. The summed E-state index contributed by atoms with van der Waals surface area (Å²) < 4.78 is 5.05. The van der Waals surface area contributed by atoms with Crippen molar-refractivity contribution in [3.05, 3.63) is 58.9 Å². The van der Waals surface area contributed by atoms with Crippen molar-refractivity contribution in [3.8, 4) is 5.88 Å². The van der Waals surface area contributed by atoms with Gasteiger partial charge in [0.15, 0.2) is 6.23 Å². The molecule has 2 N–H and O–H groups in total. The van der Waals surface area contributed by atoms with E-state index in [-0.39, 0.29) is 0 Å². The highest BCUT2D eigenvalue weighted by Gasteiger charge is 2.35. The van der Waals surface area contributed by atoms with Gasteiger partial charge < -0.3 is 15.2 Å². The quantitative estimate of drug-likeness (QED) is 0.886. The highest BCUT2D eigenvalue weighted by molar-refractivity contribution is 6.32. The van der Waals surface area contributed by atoms with Crippen LogP contribution in [0, 0.1) is 0 Å². The minimum absolute atomic E-state index is 0.505. The number of aliphatic hydroxyl groups is 1. The van der Waals surface area contributed by atoms with Gasteiger partial charge >= 0.3 is 0 Å². The number of aromatic nitrogens is 1. The van der Waals surface area contributed by atoms with Crippen molar-refractivity contribution in [2.45, 2.75) is 6.23 Å². The molecular weight excluding hydrogens is 316 g/mol. The number of anilines is 2. The van der Waals surface area contributed by atoms with Crippen molar-refractivity contribution in [2.75, 3.05) is 17.4 Å². The van der Waals surface area contributed by atoms with Gasteiger partial charge in [-0.15, -0.1) is 0 Å². The monoisotopic (exact) mass is 328 g/mol. The Morgan fingerprint density at radius 3 is 2.91 bits per heavy atom. The Morgan fingerprint density at radius 2 is 2.17 bits per heavy atom. The van der Waals surface area contributed by atoms with Crippen molar-refractivity contribution in [3.63, 3.8) is 0 Å². The average Bonchev–Trinajstić information content (AvgIpc) is 2.92. The SMILES string of the molecule is COc1ccc(N2N=C3C(=CNc4ccc(Cl)cc43)C2O)cn1. The lowest BCUT2D eigenvalue weighted by Crippen LogP contribution is -2.28. The molecule has 0 radical (unpaired) electrons. The predicted molar refractivity (Wildman–Crippen MR) is 89.0 cm³/mol. The number of nitrogens with zero attached hydrogens (tertiary/aromatic N) is 3. The number of hydrogen-bond acceptors (Lipinski definition) is 6. The summed E-state index contributed by atoms with van der Waals surface area (Å²) >= 11 is 6.09. The van der Waals surface area contributed by atoms with E-state index >= 15 is 0 Å². The number of rotatable bonds is 2. The number of pyridine rings is 1. The van der Waals surface area contributed by atoms with Crippen LogP contribution >= 0.6 is 11.6 Å². The Hall–Kier alpha value is -2.57. The highest BCUT2D eigenvalue weighted by Crippen LogP contribution is 2.35. The summed E-state index contributed by atoms with van der Waals surface area (Å²) in [5.41, 5.74) is 3.82. The van der Waals surface area contributed by atoms with Gasteiger partial charge in [-0.2, -0.15) is 5.10 Å². The van der Waals surface area contributed by atoms with E-state index < -0.39 is 6.23 Å². The fourth-order valence-electron chi connectivity index (χ4n) is 2.65. The second-order valence-electron chi connectivity index (χ2n) is 5.16. The maximum Gasteiger partial charge on any atom is 0.213 e. The van der Waals surface area contributed by atoms with Crippen LogP contribution in [0.4, 0.5) is 11.4 Å². The first kappa shape index (κ1) is 14.0. The molecule has 0 saturated heterocycles. The Labute approximate surface area is 137 Å². The first-order chi connectivity index (χ1) is 11.2. The van der Waals surface area contributed by atoms with Gasteiger partial charge in [-0.1, -0.05) is 11.6 Å². The molecule has 1 aromatic heterocycles. The second kappa shape index (κ2) is 5.26. The fourth-order valence-corrected chi connectivity index (χ4v) is 2.82. The molecule has 4 rings (SSSR count). The number of benzene rings is 1. The Morgan fingerprint density at radius 1 is 1.30 bits per heavy atom. The van der Waals surface area contributed by atoms with Crippen LogP contribution in [0.15, 0.2) is 53.4 Å². The number of hydrazone groups is 1. The lowest BCUT2D eigenvalue weighted by Gasteiger charge is -2.20. The molecule has 1 unspecified atom stereocenters. The maximum atomic E-state index is 10.6. The van der Waals surface area contributed by atoms with Crippen molar-refractivity contribution < 1.29 is 9.84 Å². The topological polar surface area (TPSA) is 70.0 Å². The van der Waals surface area contributed by atoms with E-state index in [2.05, 4.69) is 15.4 Å². The minimum Gasteiger partial charge on any atom is -0.481 e. The van der Waals surface area contributed by atoms with Crippen molar-refractivity contribution >= 4 is 28.7 Å². The molecule has 116 valence electrons. The molecular formula is C16H13ClN4O2. The lowest BCUT2D eigenvalue weighted by molar-refractivity contribution is 0.218. The molecule has 2 aliphatic rings. The minimum atomic E-state index is -0.889. The van der Waals surface area contributed by atoms with Crippen LogP contribution < -0.4 is 15.1 Å². The number of ether oxygens (including phenoxy) is 1. The lowest BCUT2D eigenvalue weighted by atomic mass is 9.98. The molecule has 23 heavy (non-hydrogen) atoms. The van der Waals surface area contributed by atoms with E-state index in [1.165, 1.54) is 5.01 Å². The summed E-state index contributed by atoms with van der Waals surface area (Å²) in [6.07, 6.45) is 2.48. The number of hydrogen-bond donors (Lipinski definition) is 2. The van der Waals surface area contributed by atoms with E-state index in [0.717, 1.165) is 11.3 Å². The number of methoxy groups -OCH3 is 1. The third-order valence-corrected chi connectivity index (χ3v) is 4.04. The Kier molecular flexibility index (Phi) is 3.21. The molecule has 3 heterocycles. The van der Waals surface area contributed by atoms with E-state index in [4.69, 9.17) is 16.3 Å². The summed E-state index contributed by atoms with van der Waals surface area (Å²) in [6.45, 7) is 0. The van der Waals surface area contributed by atoms with Crippen LogP contribution in [0.25, 0.3) is 0 Å². The molecule has 0 amide bonds. The van der Waals surface area contributed by atoms with Gasteiger partial charge in [-0.05, 0) is 24.3 Å². The van der Waals surface area contributed by atoms with E-state index in [0.29, 0.717) is 27.9 Å². The van der Waals surface area contributed by atoms with E-state index in [1.807, 2.05) is 18.2 Å². The molecule has 0 fully saturated rings. The summed E-state index contributed by atoms with van der Waals surface area (Å²) in [4.78, 5) is 4.15. The van der Waals surface area contributed by atoms with E-state index in [9.17, 15) is 5.11 Å². The van der Waals surface area contributed by atoms with Crippen LogP contribution in [0.1, 0.15) is 5.56 Å². The number of nitrogens with one attached hydrogen (secondary N) is 1. The molecule has 0 saturated carbocycles. The first-order valence-electron chi connectivity index (χ1n) is 7.00. The van der Waals surface area contributed by atoms with Gasteiger partial charge in [0.05, 0.1) is 19.0 Å². The van der Waals surface area contributed by atoms with Crippen molar-refractivity contribution in [1.82, 2.24) is 4.98 Å². The Bertz CT molecular complexity index is 832. The summed E-state index contributed by atoms with van der Waals surface area (Å²) in [5, 5.41) is 20.4. The smallest absolute Gasteiger partial charge is 0.213 e. The Balaban J connectivity index is 1.77. The molecule has 1 aromatic carbocycles. The predicted octanol–water partition coefficient (Wildman–Crippen LogP) is 2.60. The zero-order valence-electron chi connectivity index (χ0n) is 12.2. The fraction of sp³-hybridized carbons (Fsp3) is 0.125. The van der Waals surface area contributed by atoms with Gasteiger partial charge in [-0.25, -0.2) is 9.99 Å². The summed E-state index contributed by atoms with van der Waals surface area (Å²) in [7, 11) is 1.55. The third kappa shape index (κ3) is 2.23. The summed E-state index contributed by atoms with van der Waals surface area (Å²) in [6, 6.07) is 9.05. The molecule has 1 atom stereocenters. The average molecular weight is 329 g/mol. The number of fused-ring (bicyclic) bond motifs is 3. The largest absolute Gasteiger partial charge is 0.481 e. The van der Waals surface area contributed by atoms with Crippen molar-refractivity contribution in [1.29, 1.82) is 0 Å². The molecule has 2 aromatic rings. The molecule has 2 aliphatic heterocycles. The van der Waals surface area contributed by atoms with Crippen LogP contribution in [0.3, 0.4) is 0 Å². The molecule has 7 heteroatoms. The number of halogens is 1. The zero-order chi connectivity index (χ0) is 16.0. The summed E-state index contributed by atoms with van der Waals surface area (Å²) in [5.74, 6) is 0.505. The second-order valence-corrected chi connectivity index (χ2v) is 5.60. The van der Waals surface area contributed by atoms with Crippen LogP contribution in [-0.4, -0.2) is 29.1 Å². The highest BCUT2D eigenvalue weighted by atomic mass is 35.5. The third-order valence-electron chi connectivity index (χ3n) is 3.81. The molecule has 0 bridgehead atoms. The van der Waals surface area contributed by atoms with Crippen LogP contribution in [0.5, 0.6) is 5.88 Å². The van der Waals surface area contributed by atoms with Gasteiger partial charge in [0.1, 0.15) is 5.71 Å². The van der Waals surface area contributed by atoms with Crippen LogP contribution in [0.2, 0.25) is 5.02 Å².